The summed E-state index contributed by atoms with van der Waals surface area (Å²) in [6.07, 6.45) is 0. The molecule has 0 aromatic heterocycles. The summed E-state index contributed by atoms with van der Waals surface area (Å²) < 4.78 is 0. The van der Waals surface area contributed by atoms with Gasteiger partial charge < -0.3 is 15.3 Å². The van der Waals surface area contributed by atoms with Crippen molar-refractivity contribution in [2.75, 3.05) is 31.6 Å². The minimum absolute atomic E-state index is 0.0838. The molecule has 4 heteroatoms. The van der Waals surface area contributed by atoms with Crippen LogP contribution in [0.5, 0.6) is 0 Å². The van der Waals surface area contributed by atoms with Crippen LogP contribution in [0.4, 0.5) is 5.69 Å². The molecular weight excluding hydrogens is 214 g/mol. The Bertz CT molecular complexity index is 398. The average molecular weight is 233 g/mol. The summed E-state index contributed by atoms with van der Waals surface area (Å²) in [5.74, 6) is 0. The highest BCUT2D eigenvalue weighted by atomic mass is 16.3. The van der Waals surface area contributed by atoms with Gasteiger partial charge in [0.15, 0.2) is 0 Å². The number of rotatable bonds is 6. The fraction of sp³-hybridized carbons (Fsp3) is 0.462. The lowest BCUT2D eigenvalue weighted by molar-refractivity contribution is 0.304. The lowest BCUT2D eigenvalue weighted by Gasteiger charge is -2.19. The number of nitrogens with zero attached hydrogens (tertiary/aromatic N) is 2. The van der Waals surface area contributed by atoms with E-state index in [4.69, 9.17) is 10.4 Å². The number of hydrogen-bond acceptors (Lipinski definition) is 4. The molecule has 1 rings (SSSR count). The summed E-state index contributed by atoms with van der Waals surface area (Å²) in [4.78, 5) is 1.88. The van der Waals surface area contributed by atoms with Crippen molar-refractivity contribution in [3.05, 3.63) is 29.3 Å². The van der Waals surface area contributed by atoms with Gasteiger partial charge in [0.05, 0.1) is 17.9 Å². The molecule has 0 heterocycles. The van der Waals surface area contributed by atoms with E-state index < -0.39 is 0 Å². The number of nitrogens with one attached hydrogen (secondary N) is 1. The Hall–Kier alpha value is -1.57. The molecule has 1 aromatic rings. The van der Waals surface area contributed by atoms with Crippen molar-refractivity contribution in [3.63, 3.8) is 0 Å². The molecule has 17 heavy (non-hydrogen) atoms. The Balaban J connectivity index is 2.90. The molecular formula is C13H19N3O. The zero-order valence-corrected chi connectivity index (χ0v) is 10.4. The summed E-state index contributed by atoms with van der Waals surface area (Å²) in [6, 6.07) is 8.03. The van der Waals surface area contributed by atoms with Crippen molar-refractivity contribution in [1.29, 1.82) is 5.26 Å². The molecule has 0 aliphatic heterocycles. The third kappa shape index (κ3) is 3.74. The summed E-state index contributed by atoms with van der Waals surface area (Å²) in [7, 11) is 1.87. The number of benzene rings is 1. The average Bonchev–Trinajstić information content (AvgIpc) is 2.36. The molecule has 0 spiro atoms. The van der Waals surface area contributed by atoms with Crippen molar-refractivity contribution in [2.45, 2.75) is 13.5 Å². The molecule has 0 unspecified atom stereocenters. The molecule has 4 nitrogen and oxygen atoms in total. The SMILES string of the molecule is CCNCc1ccc(N(C)CCO)c(C#N)c1. The molecule has 0 saturated heterocycles. The molecule has 0 radical (unpaired) electrons. The maximum atomic E-state index is 9.13. The number of nitriles is 1. The Kier molecular flexibility index (Phi) is 5.47. The van der Waals surface area contributed by atoms with Crippen molar-refractivity contribution >= 4 is 5.69 Å². The Morgan fingerprint density at radius 2 is 2.24 bits per heavy atom. The number of hydrogen-bond donors (Lipinski definition) is 2. The molecule has 1 aromatic carbocycles. The summed E-state index contributed by atoms with van der Waals surface area (Å²) in [5, 5.41) is 21.3. The van der Waals surface area contributed by atoms with Crippen LogP contribution in [0.25, 0.3) is 0 Å². The lowest BCUT2D eigenvalue weighted by Crippen LogP contribution is -2.22. The number of aliphatic hydroxyl groups is 1. The van der Waals surface area contributed by atoms with Crippen LogP contribution in [-0.2, 0) is 6.54 Å². The van der Waals surface area contributed by atoms with Crippen LogP contribution in [0.15, 0.2) is 18.2 Å². The van der Waals surface area contributed by atoms with E-state index in [0.717, 1.165) is 24.3 Å². The fourth-order valence-corrected chi connectivity index (χ4v) is 1.66. The van der Waals surface area contributed by atoms with Gasteiger partial charge in [-0.2, -0.15) is 5.26 Å². The van der Waals surface area contributed by atoms with E-state index in [1.165, 1.54) is 0 Å². The van der Waals surface area contributed by atoms with E-state index in [9.17, 15) is 0 Å². The van der Waals surface area contributed by atoms with Crippen LogP contribution < -0.4 is 10.2 Å². The number of anilines is 1. The quantitative estimate of drug-likeness (QED) is 0.772. The van der Waals surface area contributed by atoms with Gasteiger partial charge in [-0.25, -0.2) is 0 Å². The van der Waals surface area contributed by atoms with Crippen molar-refractivity contribution < 1.29 is 5.11 Å². The molecule has 0 atom stereocenters. The molecule has 0 bridgehead atoms. The Labute approximate surface area is 102 Å². The van der Waals surface area contributed by atoms with Crippen LogP contribution in [0.1, 0.15) is 18.1 Å². The predicted molar refractivity (Wildman–Crippen MR) is 68.9 cm³/mol. The van der Waals surface area contributed by atoms with Gasteiger partial charge in [0.2, 0.25) is 0 Å². The third-order valence-corrected chi connectivity index (χ3v) is 2.61. The van der Waals surface area contributed by atoms with Gasteiger partial charge in [-0.3, -0.25) is 0 Å². The molecule has 0 aliphatic carbocycles. The fourth-order valence-electron chi connectivity index (χ4n) is 1.66. The smallest absolute Gasteiger partial charge is 0.101 e. The first-order chi connectivity index (χ1) is 8.22. The van der Waals surface area contributed by atoms with Crippen LogP contribution in [0.2, 0.25) is 0 Å². The molecule has 2 N–H and O–H groups in total. The minimum atomic E-state index is 0.0838. The zero-order valence-electron chi connectivity index (χ0n) is 10.4. The topological polar surface area (TPSA) is 59.3 Å². The Morgan fingerprint density at radius 3 is 2.82 bits per heavy atom. The van der Waals surface area contributed by atoms with Gasteiger partial charge in [0.1, 0.15) is 6.07 Å². The third-order valence-electron chi connectivity index (χ3n) is 2.61. The normalized spacial score (nSPS) is 10.0. The van der Waals surface area contributed by atoms with Crippen LogP contribution in [0, 0.1) is 11.3 Å². The molecule has 0 saturated carbocycles. The second-order valence-electron chi connectivity index (χ2n) is 3.89. The number of likely N-dealkylation sites (N-methyl/N-ethyl adjacent to an activating group) is 1. The second-order valence-corrected chi connectivity index (χ2v) is 3.89. The van der Waals surface area contributed by atoms with Gasteiger partial charge in [0, 0.05) is 20.1 Å². The second kappa shape index (κ2) is 6.89. The molecule has 0 aliphatic rings. The summed E-state index contributed by atoms with van der Waals surface area (Å²) in [6.45, 7) is 4.35. The summed E-state index contributed by atoms with van der Waals surface area (Å²) in [5.41, 5.74) is 2.61. The molecule has 0 fully saturated rings. The lowest BCUT2D eigenvalue weighted by atomic mass is 10.1. The van der Waals surface area contributed by atoms with Gasteiger partial charge in [0.25, 0.3) is 0 Å². The first kappa shape index (κ1) is 13.5. The van der Waals surface area contributed by atoms with E-state index in [1.807, 2.05) is 30.1 Å². The van der Waals surface area contributed by atoms with E-state index in [2.05, 4.69) is 18.3 Å². The van der Waals surface area contributed by atoms with Crippen LogP contribution in [-0.4, -0.2) is 31.9 Å². The highest BCUT2D eigenvalue weighted by Gasteiger charge is 2.07. The van der Waals surface area contributed by atoms with E-state index in [0.29, 0.717) is 12.1 Å². The maximum absolute atomic E-state index is 9.13. The van der Waals surface area contributed by atoms with E-state index in [-0.39, 0.29) is 6.61 Å². The van der Waals surface area contributed by atoms with Crippen molar-refractivity contribution in [1.82, 2.24) is 5.32 Å². The first-order valence-corrected chi connectivity index (χ1v) is 5.78. The largest absolute Gasteiger partial charge is 0.395 e. The minimum Gasteiger partial charge on any atom is -0.395 e. The molecule has 0 amide bonds. The highest BCUT2D eigenvalue weighted by Crippen LogP contribution is 2.20. The molecule has 92 valence electrons. The van der Waals surface area contributed by atoms with E-state index >= 15 is 0 Å². The first-order valence-electron chi connectivity index (χ1n) is 5.78. The van der Waals surface area contributed by atoms with Crippen molar-refractivity contribution in [2.24, 2.45) is 0 Å². The van der Waals surface area contributed by atoms with Crippen LogP contribution >= 0.6 is 0 Å². The van der Waals surface area contributed by atoms with Crippen LogP contribution in [0.3, 0.4) is 0 Å². The van der Waals surface area contributed by atoms with Gasteiger partial charge in [-0.05, 0) is 24.2 Å². The predicted octanol–water partition coefficient (Wildman–Crippen LogP) is 1.10. The number of aliphatic hydroxyl groups excluding tert-OH is 1. The summed E-state index contributed by atoms with van der Waals surface area (Å²) >= 11 is 0. The zero-order chi connectivity index (χ0) is 12.7. The monoisotopic (exact) mass is 233 g/mol. The highest BCUT2D eigenvalue weighted by molar-refractivity contribution is 5.60. The van der Waals surface area contributed by atoms with E-state index in [1.54, 1.807) is 0 Å². The van der Waals surface area contributed by atoms with Gasteiger partial charge >= 0.3 is 0 Å². The van der Waals surface area contributed by atoms with Gasteiger partial charge in [-0.1, -0.05) is 13.0 Å². The standard InChI is InChI=1S/C13H19N3O/c1-3-15-10-11-4-5-13(12(8-11)9-14)16(2)6-7-17/h4-5,8,15,17H,3,6-7,10H2,1-2H3. The maximum Gasteiger partial charge on any atom is 0.101 e. The van der Waals surface area contributed by atoms with Gasteiger partial charge in [-0.15, -0.1) is 0 Å². The Morgan fingerprint density at radius 1 is 1.47 bits per heavy atom. The van der Waals surface area contributed by atoms with Crippen molar-refractivity contribution in [3.8, 4) is 6.07 Å².